The molecule has 1 aromatic heterocycles. The molecule has 2 heterocycles. The maximum Gasteiger partial charge on any atom is 0.332 e. The van der Waals surface area contributed by atoms with Crippen molar-refractivity contribution in [1.29, 1.82) is 0 Å². The predicted molar refractivity (Wildman–Crippen MR) is 74.1 cm³/mol. The number of fused-ring (bicyclic) bond motifs is 1. The quantitative estimate of drug-likeness (QED) is 0.895. The van der Waals surface area contributed by atoms with Gasteiger partial charge in [0, 0.05) is 11.9 Å². The molecule has 0 aliphatic carbocycles. The molecular formula is C15H15NO5. The van der Waals surface area contributed by atoms with Crippen molar-refractivity contribution in [3.05, 3.63) is 36.1 Å². The highest BCUT2D eigenvalue weighted by molar-refractivity contribution is 6.05. The Hall–Kier alpha value is -2.34. The summed E-state index contributed by atoms with van der Waals surface area (Å²) in [4.78, 5) is 22.9. The lowest BCUT2D eigenvalue weighted by molar-refractivity contribution is -0.149. The smallest absolute Gasteiger partial charge is 0.332 e. The minimum atomic E-state index is -0.954. The van der Waals surface area contributed by atoms with Gasteiger partial charge in [0.15, 0.2) is 6.10 Å². The van der Waals surface area contributed by atoms with Crippen LogP contribution in [0.5, 0.6) is 0 Å². The van der Waals surface area contributed by atoms with Gasteiger partial charge in [0.2, 0.25) is 0 Å². The van der Waals surface area contributed by atoms with E-state index >= 15 is 0 Å². The highest BCUT2D eigenvalue weighted by atomic mass is 16.5. The number of carbonyl (C=O) groups excluding carboxylic acids is 1. The third kappa shape index (κ3) is 2.75. The molecule has 0 bridgehead atoms. The van der Waals surface area contributed by atoms with Gasteiger partial charge in [-0.15, -0.1) is 0 Å². The molecule has 1 amide bonds. The molecule has 1 aliphatic heterocycles. The summed E-state index contributed by atoms with van der Waals surface area (Å²) in [5.74, 6) is -1.20. The van der Waals surface area contributed by atoms with Gasteiger partial charge in [0.25, 0.3) is 5.91 Å². The summed E-state index contributed by atoms with van der Waals surface area (Å²) in [7, 11) is 0. The van der Waals surface area contributed by atoms with Crippen LogP contribution < -0.4 is 5.32 Å². The lowest BCUT2D eigenvalue weighted by Gasteiger charge is -2.11. The van der Waals surface area contributed by atoms with Gasteiger partial charge in [-0.3, -0.25) is 4.79 Å². The number of carbonyl (C=O) groups is 2. The fraction of sp³-hybridized carbons (Fsp3) is 0.333. The van der Waals surface area contributed by atoms with Crippen LogP contribution in [0.4, 0.5) is 0 Å². The van der Waals surface area contributed by atoms with Crippen LogP contribution in [0.2, 0.25) is 0 Å². The maximum atomic E-state index is 12.1. The van der Waals surface area contributed by atoms with Crippen molar-refractivity contribution in [2.45, 2.75) is 25.0 Å². The summed E-state index contributed by atoms with van der Waals surface area (Å²) in [6.07, 6.45) is 1.51. The predicted octanol–water partition coefficient (Wildman–Crippen LogP) is 1.79. The van der Waals surface area contributed by atoms with Crippen LogP contribution in [-0.4, -0.2) is 35.7 Å². The Morgan fingerprint density at radius 2 is 2.10 bits per heavy atom. The molecule has 6 heteroatoms. The highest BCUT2D eigenvalue weighted by Crippen LogP contribution is 2.21. The lowest BCUT2D eigenvalue weighted by atomic mass is 10.1. The zero-order valence-corrected chi connectivity index (χ0v) is 11.2. The number of benzene rings is 1. The number of nitrogens with one attached hydrogen (secondary N) is 1. The zero-order valence-electron chi connectivity index (χ0n) is 11.2. The molecule has 1 fully saturated rings. The summed E-state index contributed by atoms with van der Waals surface area (Å²) in [5, 5.41) is 12.4. The second-order valence-electron chi connectivity index (χ2n) is 5.02. The average molecular weight is 289 g/mol. The Bertz CT molecular complexity index is 678. The van der Waals surface area contributed by atoms with E-state index in [4.69, 9.17) is 14.3 Å². The number of amides is 1. The first kappa shape index (κ1) is 13.6. The number of para-hydroxylation sites is 1. The first-order valence-corrected chi connectivity index (χ1v) is 6.78. The van der Waals surface area contributed by atoms with Gasteiger partial charge >= 0.3 is 5.97 Å². The van der Waals surface area contributed by atoms with E-state index in [1.807, 2.05) is 18.2 Å². The van der Waals surface area contributed by atoms with Crippen LogP contribution in [-0.2, 0) is 9.53 Å². The third-order valence-corrected chi connectivity index (χ3v) is 3.60. The van der Waals surface area contributed by atoms with Gasteiger partial charge in [-0.05, 0) is 18.9 Å². The topological polar surface area (TPSA) is 88.8 Å². The van der Waals surface area contributed by atoms with Crippen LogP contribution in [0.1, 0.15) is 23.2 Å². The summed E-state index contributed by atoms with van der Waals surface area (Å²) in [6.45, 7) is 0.294. The standard InChI is InChI=1S/C15H15NO5/c17-14(11-8-20-12-4-2-1-3-10(11)12)16-7-9-5-6-13(21-9)15(18)19/h1-4,8-9,13H,5-7H2,(H,16,17)(H,18,19). The first-order chi connectivity index (χ1) is 10.1. The number of aliphatic carboxylic acids is 1. The number of hydrogen-bond acceptors (Lipinski definition) is 4. The molecule has 110 valence electrons. The van der Waals surface area contributed by atoms with Gasteiger partial charge in [-0.25, -0.2) is 4.79 Å². The first-order valence-electron chi connectivity index (χ1n) is 6.78. The van der Waals surface area contributed by atoms with Crippen molar-refractivity contribution in [3.8, 4) is 0 Å². The van der Waals surface area contributed by atoms with Gasteiger partial charge in [0.05, 0.1) is 11.7 Å². The summed E-state index contributed by atoms with van der Waals surface area (Å²) in [5.41, 5.74) is 1.13. The largest absolute Gasteiger partial charge is 0.479 e. The van der Waals surface area contributed by atoms with E-state index in [2.05, 4.69) is 5.32 Å². The second-order valence-corrected chi connectivity index (χ2v) is 5.02. The molecule has 2 N–H and O–H groups in total. The molecule has 0 saturated carbocycles. The SMILES string of the molecule is O=C(NCC1CCC(C(=O)O)O1)c1coc2ccccc12. The van der Waals surface area contributed by atoms with Crippen LogP contribution in [0.15, 0.2) is 34.9 Å². The minimum Gasteiger partial charge on any atom is -0.479 e. The fourth-order valence-electron chi connectivity index (χ4n) is 2.49. The van der Waals surface area contributed by atoms with Crippen molar-refractivity contribution < 1.29 is 23.8 Å². The molecule has 2 aromatic rings. The van der Waals surface area contributed by atoms with E-state index in [9.17, 15) is 9.59 Å². The molecule has 1 aliphatic rings. The molecule has 21 heavy (non-hydrogen) atoms. The van der Waals surface area contributed by atoms with Gasteiger partial charge < -0.3 is 19.6 Å². The van der Waals surface area contributed by atoms with E-state index in [1.165, 1.54) is 6.26 Å². The van der Waals surface area contributed by atoms with Crippen molar-refractivity contribution in [3.63, 3.8) is 0 Å². The van der Waals surface area contributed by atoms with E-state index in [0.29, 0.717) is 30.5 Å². The number of ether oxygens (including phenoxy) is 1. The third-order valence-electron chi connectivity index (χ3n) is 3.60. The Labute approximate surface area is 120 Å². The summed E-state index contributed by atoms with van der Waals surface area (Å²) >= 11 is 0. The summed E-state index contributed by atoms with van der Waals surface area (Å²) in [6, 6.07) is 7.29. The van der Waals surface area contributed by atoms with Crippen molar-refractivity contribution in [2.24, 2.45) is 0 Å². The van der Waals surface area contributed by atoms with Crippen molar-refractivity contribution >= 4 is 22.8 Å². The van der Waals surface area contributed by atoms with E-state index in [0.717, 1.165) is 5.39 Å². The van der Waals surface area contributed by atoms with Crippen molar-refractivity contribution in [2.75, 3.05) is 6.54 Å². The number of furan rings is 1. The molecule has 2 unspecified atom stereocenters. The molecule has 1 aromatic carbocycles. The Morgan fingerprint density at radius 3 is 2.86 bits per heavy atom. The molecular weight excluding hydrogens is 274 g/mol. The molecule has 6 nitrogen and oxygen atoms in total. The number of rotatable bonds is 4. The van der Waals surface area contributed by atoms with E-state index in [-0.39, 0.29) is 12.0 Å². The molecule has 3 rings (SSSR count). The normalized spacial score (nSPS) is 21.5. The van der Waals surface area contributed by atoms with Gasteiger partial charge in [0.1, 0.15) is 11.8 Å². The van der Waals surface area contributed by atoms with Crippen LogP contribution >= 0.6 is 0 Å². The van der Waals surface area contributed by atoms with Crippen LogP contribution in [0.3, 0.4) is 0 Å². The minimum absolute atomic E-state index is 0.248. The second kappa shape index (κ2) is 5.57. The van der Waals surface area contributed by atoms with Gasteiger partial charge in [-0.2, -0.15) is 0 Å². The van der Waals surface area contributed by atoms with E-state index < -0.39 is 12.1 Å². The van der Waals surface area contributed by atoms with Crippen molar-refractivity contribution in [1.82, 2.24) is 5.32 Å². The fourth-order valence-corrected chi connectivity index (χ4v) is 2.49. The number of carboxylic acid groups (broad SMARTS) is 1. The summed E-state index contributed by atoms with van der Waals surface area (Å²) < 4.78 is 10.7. The Morgan fingerprint density at radius 1 is 1.29 bits per heavy atom. The number of carboxylic acids is 1. The van der Waals surface area contributed by atoms with Crippen LogP contribution in [0.25, 0.3) is 11.0 Å². The average Bonchev–Trinajstić information content (AvgIpc) is 3.11. The Kier molecular flexibility index (Phi) is 3.62. The number of hydrogen-bond donors (Lipinski definition) is 2. The molecule has 0 radical (unpaired) electrons. The van der Waals surface area contributed by atoms with Crippen LogP contribution in [0, 0.1) is 0 Å². The molecule has 1 saturated heterocycles. The lowest BCUT2D eigenvalue weighted by Crippen LogP contribution is -2.33. The molecule has 0 spiro atoms. The Balaban J connectivity index is 1.61. The molecule has 2 atom stereocenters. The monoisotopic (exact) mass is 289 g/mol. The zero-order chi connectivity index (χ0) is 14.8. The van der Waals surface area contributed by atoms with Gasteiger partial charge in [-0.1, -0.05) is 18.2 Å². The van der Waals surface area contributed by atoms with E-state index in [1.54, 1.807) is 6.07 Å². The maximum absolute atomic E-state index is 12.1. The highest BCUT2D eigenvalue weighted by Gasteiger charge is 2.30.